The van der Waals surface area contributed by atoms with Crippen LogP contribution in [-0.2, 0) is 19.6 Å². The average Bonchev–Trinajstić information content (AvgIpc) is 3.01. The fraction of sp³-hybridized carbons (Fsp3) is 0.500. The van der Waals surface area contributed by atoms with E-state index in [1.807, 2.05) is 6.92 Å². The Morgan fingerprint density at radius 1 is 1.39 bits per heavy atom. The maximum atomic E-state index is 12.5. The van der Waals surface area contributed by atoms with Gasteiger partial charge in [-0.2, -0.15) is 18.3 Å². The maximum absolute atomic E-state index is 12.5. The number of amides is 1. The number of unbranched alkanes of at least 4 members (excludes halogenated alkanes) is 1. The molecular formula is C12H13ClF3N5OS. The Hall–Kier alpha value is -1.68. The number of hydrogen-bond donors (Lipinski definition) is 1. The van der Waals surface area contributed by atoms with E-state index in [-0.39, 0.29) is 27.2 Å². The van der Waals surface area contributed by atoms with Crippen molar-refractivity contribution >= 4 is 34.0 Å². The topological polar surface area (TPSA) is 72.7 Å². The molecule has 0 saturated heterocycles. The lowest BCUT2D eigenvalue weighted by Crippen LogP contribution is -2.16. The molecule has 0 aliphatic carbocycles. The number of halogens is 4. The van der Waals surface area contributed by atoms with Gasteiger partial charge in [0.25, 0.3) is 5.91 Å². The van der Waals surface area contributed by atoms with E-state index in [1.165, 1.54) is 11.7 Å². The highest BCUT2D eigenvalue weighted by atomic mass is 35.5. The predicted molar refractivity (Wildman–Crippen MR) is 79.7 cm³/mol. The Balaban J connectivity index is 2.18. The first-order valence-corrected chi connectivity index (χ1v) is 7.87. The standard InChI is InChI=1S/C12H13ClF3N5OS/c1-3-4-5-6-7(13)8(21(2)20-6)9(22)17-11-19-18-10(23-11)12(14,15)16/h3-5H2,1-2H3,(H,17,19,22). The number of anilines is 1. The smallest absolute Gasteiger partial charge is 0.295 e. The van der Waals surface area contributed by atoms with Crippen LogP contribution in [0, 0.1) is 0 Å². The molecule has 1 amide bonds. The van der Waals surface area contributed by atoms with E-state index < -0.39 is 17.1 Å². The molecule has 2 aromatic heterocycles. The maximum Gasteiger partial charge on any atom is 0.445 e. The summed E-state index contributed by atoms with van der Waals surface area (Å²) in [5, 5.41) is 11.5. The second-order valence-electron chi connectivity index (χ2n) is 4.70. The molecule has 0 fully saturated rings. The summed E-state index contributed by atoms with van der Waals surface area (Å²) >= 11 is 6.39. The minimum atomic E-state index is -4.60. The van der Waals surface area contributed by atoms with Gasteiger partial charge in [-0.05, 0) is 12.8 Å². The lowest BCUT2D eigenvalue weighted by Gasteiger charge is -2.02. The zero-order valence-electron chi connectivity index (χ0n) is 12.2. The van der Waals surface area contributed by atoms with Crippen LogP contribution in [0.15, 0.2) is 0 Å². The van der Waals surface area contributed by atoms with Crippen molar-refractivity contribution in [3.8, 4) is 0 Å². The zero-order valence-corrected chi connectivity index (χ0v) is 13.8. The quantitative estimate of drug-likeness (QED) is 0.877. The highest BCUT2D eigenvalue weighted by Crippen LogP contribution is 2.33. The Bertz CT molecular complexity index is 712. The Labute approximate surface area is 138 Å². The summed E-state index contributed by atoms with van der Waals surface area (Å²) < 4.78 is 38.7. The number of rotatable bonds is 5. The number of nitrogens with zero attached hydrogens (tertiary/aromatic N) is 4. The average molecular weight is 368 g/mol. The molecule has 2 rings (SSSR count). The van der Waals surface area contributed by atoms with E-state index in [9.17, 15) is 18.0 Å². The molecule has 0 aliphatic rings. The molecule has 0 bridgehead atoms. The van der Waals surface area contributed by atoms with Crippen molar-refractivity contribution < 1.29 is 18.0 Å². The van der Waals surface area contributed by atoms with Gasteiger partial charge in [0, 0.05) is 7.05 Å². The van der Waals surface area contributed by atoms with Crippen LogP contribution < -0.4 is 5.32 Å². The monoisotopic (exact) mass is 367 g/mol. The van der Waals surface area contributed by atoms with Gasteiger partial charge < -0.3 is 0 Å². The van der Waals surface area contributed by atoms with Crippen LogP contribution in [0.25, 0.3) is 0 Å². The van der Waals surface area contributed by atoms with Gasteiger partial charge >= 0.3 is 6.18 Å². The third-order valence-corrected chi connectivity index (χ3v) is 4.21. The van der Waals surface area contributed by atoms with Crippen LogP contribution in [0.4, 0.5) is 18.3 Å². The normalized spacial score (nSPS) is 11.7. The molecule has 0 aromatic carbocycles. The van der Waals surface area contributed by atoms with Crippen molar-refractivity contribution in [2.24, 2.45) is 7.05 Å². The van der Waals surface area contributed by atoms with Crippen LogP contribution in [0.3, 0.4) is 0 Å². The molecule has 6 nitrogen and oxygen atoms in total. The molecule has 0 unspecified atom stereocenters. The van der Waals surface area contributed by atoms with Gasteiger partial charge in [0.2, 0.25) is 10.1 Å². The third-order valence-electron chi connectivity index (χ3n) is 2.93. The molecule has 0 atom stereocenters. The molecule has 1 N–H and O–H groups in total. The van der Waals surface area contributed by atoms with Crippen molar-refractivity contribution in [2.75, 3.05) is 5.32 Å². The molecule has 11 heteroatoms. The fourth-order valence-corrected chi connectivity index (χ4v) is 2.80. The van der Waals surface area contributed by atoms with E-state index in [4.69, 9.17) is 11.6 Å². The van der Waals surface area contributed by atoms with Crippen molar-refractivity contribution in [1.82, 2.24) is 20.0 Å². The van der Waals surface area contributed by atoms with Gasteiger partial charge in [0.15, 0.2) is 0 Å². The fourth-order valence-electron chi connectivity index (χ4n) is 1.85. The molecule has 0 radical (unpaired) electrons. The van der Waals surface area contributed by atoms with Gasteiger partial charge in [-0.25, -0.2) is 0 Å². The van der Waals surface area contributed by atoms with E-state index in [1.54, 1.807) is 0 Å². The van der Waals surface area contributed by atoms with E-state index in [2.05, 4.69) is 20.6 Å². The Morgan fingerprint density at radius 3 is 2.65 bits per heavy atom. The van der Waals surface area contributed by atoms with Gasteiger partial charge in [0.1, 0.15) is 5.69 Å². The van der Waals surface area contributed by atoms with Crippen LogP contribution >= 0.6 is 22.9 Å². The molecule has 23 heavy (non-hydrogen) atoms. The SMILES string of the molecule is CCCCc1nn(C)c(C(=O)Nc2nnc(C(F)(F)F)s2)c1Cl. The van der Waals surface area contributed by atoms with E-state index >= 15 is 0 Å². The molecule has 0 saturated carbocycles. The number of aromatic nitrogens is 4. The third kappa shape index (κ3) is 3.99. The minimum Gasteiger partial charge on any atom is -0.295 e. The van der Waals surface area contributed by atoms with Gasteiger partial charge in [-0.3, -0.25) is 14.8 Å². The van der Waals surface area contributed by atoms with Crippen molar-refractivity contribution in [2.45, 2.75) is 32.4 Å². The van der Waals surface area contributed by atoms with Gasteiger partial charge in [0.05, 0.1) is 10.7 Å². The molecule has 126 valence electrons. The molecular weight excluding hydrogens is 355 g/mol. The van der Waals surface area contributed by atoms with Gasteiger partial charge in [-0.15, -0.1) is 10.2 Å². The number of hydrogen-bond acceptors (Lipinski definition) is 5. The van der Waals surface area contributed by atoms with Crippen LogP contribution in [-0.4, -0.2) is 25.9 Å². The first kappa shape index (κ1) is 17.7. The predicted octanol–water partition coefficient (Wildman–Crippen LogP) is 3.54. The minimum absolute atomic E-state index is 0.0709. The molecule has 2 heterocycles. The summed E-state index contributed by atoms with van der Waals surface area (Å²) in [6.07, 6.45) is -2.17. The molecule has 0 spiro atoms. The zero-order chi connectivity index (χ0) is 17.2. The number of alkyl halides is 3. The molecule has 2 aromatic rings. The Kier molecular flexibility index (Phi) is 5.25. The Morgan fingerprint density at radius 2 is 2.09 bits per heavy atom. The van der Waals surface area contributed by atoms with E-state index in [0.717, 1.165) is 12.8 Å². The first-order valence-electron chi connectivity index (χ1n) is 6.67. The van der Waals surface area contributed by atoms with Crippen LogP contribution in [0.1, 0.15) is 41.0 Å². The second kappa shape index (κ2) is 6.83. The highest BCUT2D eigenvalue weighted by Gasteiger charge is 2.36. The summed E-state index contributed by atoms with van der Waals surface area (Å²) in [4.78, 5) is 12.2. The van der Waals surface area contributed by atoms with Crippen LogP contribution in [0.2, 0.25) is 5.02 Å². The summed E-state index contributed by atoms with van der Waals surface area (Å²) in [7, 11) is 1.54. The summed E-state index contributed by atoms with van der Waals surface area (Å²) in [5.41, 5.74) is 0.649. The van der Waals surface area contributed by atoms with Gasteiger partial charge in [-0.1, -0.05) is 36.3 Å². The first-order chi connectivity index (χ1) is 10.7. The van der Waals surface area contributed by atoms with E-state index in [0.29, 0.717) is 12.1 Å². The second-order valence-corrected chi connectivity index (χ2v) is 6.06. The number of nitrogens with one attached hydrogen (secondary N) is 1. The summed E-state index contributed by atoms with van der Waals surface area (Å²) in [5.74, 6) is -0.683. The summed E-state index contributed by atoms with van der Waals surface area (Å²) in [6, 6.07) is 0. The van der Waals surface area contributed by atoms with Crippen molar-refractivity contribution in [3.05, 3.63) is 21.4 Å². The number of carbonyl (C=O) groups excluding carboxylic acids is 1. The summed E-state index contributed by atoms with van der Waals surface area (Å²) in [6.45, 7) is 2.01. The van der Waals surface area contributed by atoms with Crippen LogP contribution in [0.5, 0.6) is 0 Å². The lowest BCUT2D eigenvalue weighted by molar-refractivity contribution is -0.138. The van der Waals surface area contributed by atoms with Crippen molar-refractivity contribution in [3.63, 3.8) is 0 Å². The lowest BCUT2D eigenvalue weighted by atomic mass is 10.2. The number of aryl methyl sites for hydroxylation is 2. The number of carbonyl (C=O) groups is 1. The molecule has 0 aliphatic heterocycles. The largest absolute Gasteiger partial charge is 0.445 e. The van der Waals surface area contributed by atoms with Crippen molar-refractivity contribution in [1.29, 1.82) is 0 Å². The highest BCUT2D eigenvalue weighted by molar-refractivity contribution is 7.15.